The molecule has 0 aliphatic carbocycles. The van der Waals surface area contributed by atoms with Crippen LogP contribution >= 0.6 is 0 Å². The van der Waals surface area contributed by atoms with Gasteiger partial charge in [0.2, 0.25) is 0 Å². The summed E-state index contributed by atoms with van der Waals surface area (Å²) in [6, 6.07) is 16.1. The largest absolute Gasteiger partial charge is 0.371 e. The van der Waals surface area contributed by atoms with Crippen molar-refractivity contribution in [3.05, 3.63) is 54.1 Å². The molecule has 0 amide bonds. The molecule has 1 saturated heterocycles. The van der Waals surface area contributed by atoms with E-state index in [1.807, 2.05) is 49.4 Å². The molecule has 0 aromatic heterocycles. The first-order valence-electron chi connectivity index (χ1n) is 7.08. The Balaban J connectivity index is 1.97. The summed E-state index contributed by atoms with van der Waals surface area (Å²) < 4.78 is 12.8. The number of aryl methyl sites for hydroxylation is 1. The Labute approximate surface area is 122 Å². The zero-order chi connectivity index (χ0) is 13.9. The van der Waals surface area contributed by atoms with E-state index in [2.05, 4.69) is 11.0 Å². The summed E-state index contributed by atoms with van der Waals surface area (Å²) in [5.74, 6) is 0. The first-order chi connectivity index (χ1) is 9.75. The molecule has 1 heterocycles. The zero-order valence-electron chi connectivity index (χ0n) is 11.7. The summed E-state index contributed by atoms with van der Waals surface area (Å²) in [6.45, 7) is 4.19. The average molecular weight is 285 g/mol. The van der Waals surface area contributed by atoms with Gasteiger partial charge in [-0.15, -0.1) is 0 Å². The molecule has 2 aromatic carbocycles. The van der Waals surface area contributed by atoms with Crippen LogP contribution in [0.1, 0.15) is 18.4 Å². The van der Waals surface area contributed by atoms with Gasteiger partial charge in [0, 0.05) is 18.0 Å². The standard InChI is InChI=1S/C17H19NOS/c1-14-8-10-15(11-9-14)20(19)17-7-3-2-6-16(17)18-12-4-5-13-18/h2-3,6-11H,4-5,12-13H2,1H3/t20-/m0/s1. The second-order valence-corrected chi connectivity index (χ2v) is 6.69. The molecule has 2 aromatic rings. The van der Waals surface area contributed by atoms with E-state index in [1.54, 1.807) is 0 Å². The quantitative estimate of drug-likeness (QED) is 0.856. The molecule has 1 aliphatic heterocycles. The van der Waals surface area contributed by atoms with Gasteiger partial charge >= 0.3 is 0 Å². The lowest BCUT2D eigenvalue weighted by atomic mass is 10.2. The lowest BCUT2D eigenvalue weighted by molar-refractivity contribution is 0.683. The third kappa shape index (κ3) is 2.63. The minimum atomic E-state index is -1.10. The predicted molar refractivity (Wildman–Crippen MR) is 83.7 cm³/mol. The fraction of sp³-hybridized carbons (Fsp3) is 0.294. The second-order valence-electron chi connectivity index (χ2n) is 5.24. The molecule has 1 fully saturated rings. The van der Waals surface area contributed by atoms with Gasteiger partial charge in [-0.05, 0) is 44.0 Å². The maximum atomic E-state index is 12.8. The van der Waals surface area contributed by atoms with E-state index in [-0.39, 0.29) is 0 Å². The van der Waals surface area contributed by atoms with Crippen molar-refractivity contribution in [2.75, 3.05) is 18.0 Å². The van der Waals surface area contributed by atoms with Gasteiger partial charge < -0.3 is 4.90 Å². The van der Waals surface area contributed by atoms with E-state index in [9.17, 15) is 4.21 Å². The van der Waals surface area contributed by atoms with Crippen LogP contribution in [0.25, 0.3) is 0 Å². The summed E-state index contributed by atoms with van der Waals surface area (Å²) in [7, 11) is -1.10. The maximum Gasteiger partial charge on any atom is 0.0870 e. The second kappa shape index (κ2) is 5.80. The first-order valence-corrected chi connectivity index (χ1v) is 8.23. The molecule has 3 heteroatoms. The van der Waals surface area contributed by atoms with Crippen LogP contribution in [0.5, 0.6) is 0 Å². The van der Waals surface area contributed by atoms with Crippen LogP contribution in [0.15, 0.2) is 58.3 Å². The number of hydrogen-bond donors (Lipinski definition) is 0. The van der Waals surface area contributed by atoms with Crippen LogP contribution in [0.2, 0.25) is 0 Å². The molecular formula is C17H19NOS. The summed E-state index contributed by atoms with van der Waals surface area (Å²) in [6.07, 6.45) is 2.46. The van der Waals surface area contributed by atoms with Crippen LogP contribution < -0.4 is 4.90 Å². The van der Waals surface area contributed by atoms with Gasteiger partial charge in [-0.3, -0.25) is 0 Å². The third-order valence-corrected chi connectivity index (χ3v) is 5.19. The minimum Gasteiger partial charge on any atom is -0.371 e. The SMILES string of the molecule is Cc1ccc([S@](=O)c2ccccc2N2CCCC2)cc1. The zero-order valence-corrected chi connectivity index (χ0v) is 12.5. The number of rotatable bonds is 3. The van der Waals surface area contributed by atoms with Crippen molar-refractivity contribution < 1.29 is 4.21 Å². The smallest absolute Gasteiger partial charge is 0.0870 e. The van der Waals surface area contributed by atoms with Gasteiger partial charge in [-0.2, -0.15) is 0 Å². The fourth-order valence-corrected chi connectivity index (χ4v) is 3.85. The van der Waals surface area contributed by atoms with E-state index in [0.717, 1.165) is 28.6 Å². The Morgan fingerprint density at radius 3 is 2.30 bits per heavy atom. The number of hydrogen-bond acceptors (Lipinski definition) is 2. The third-order valence-electron chi connectivity index (χ3n) is 3.75. The average Bonchev–Trinajstić information content (AvgIpc) is 3.01. The van der Waals surface area contributed by atoms with E-state index in [0.29, 0.717) is 0 Å². The summed E-state index contributed by atoms with van der Waals surface area (Å²) in [5.41, 5.74) is 2.32. The van der Waals surface area contributed by atoms with E-state index in [4.69, 9.17) is 0 Å². The van der Waals surface area contributed by atoms with Crippen LogP contribution in [0.3, 0.4) is 0 Å². The first kappa shape index (κ1) is 13.4. The Bertz CT molecular complexity index is 615. The highest BCUT2D eigenvalue weighted by atomic mass is 32.2. The normalized spacial score (nSPS) is 16.4. The van der Waals surface area contributed by atoms with Gasteiger partial charge in [-0.25, -0.2) is 4.21 Å². The van der Waals surface area contributed by atoms with Crippen molar-refractivity contribution in [1.29, 1.82) is 0 Å². The molecule has 0 bridgehead atoms. The molecule has 0 unspecified atom stereocenters. The van der Waals surface area contributed by atoms with Crippen molar-refractivity contribution in [2.45, 2.75) is 29.6 Å². The summed E-state index contributed by atoms with van der Waals surface area (Å²) >= 11 is 0. The Morgan fingerprint density at radius 2 is 1.60 bits per heavy atom. The maximum absolute atomic E-state index is 12.8. The monoisotopic (exact) mass is 285 g/mol. The molecule has 3 rings (SSSR count). The molecule has 1 atom stereocenters. The molecule has 0 radical (unpaired) electrons. The lowest BCUT2D eigenvalue weighted by Gasteiger charge is -2.20. The highest BCUT2D eigenvalue weighted by molar-refractivity contribution is 7.85. The van der Waals surface area contributed by atoms with Gasteiger partial charge in [0.1, 0.15) is 0 Å². The van der Waals surface area contributed by atoms with Gasteiger partial charge in [-0.1, -0.05) is 29.8 Å². The van der Waals surface area contributed by atoms with Crippen LogP contribution in [-0.4, -0.2) is 17.3 Å². The molecule has 0 saturated carbocycles. The topological polar surface area (TPSA) is 20.3 Å². The van der Waals surface area contributed by atoms with Gasteiger partial charge in [0.15, 0.2) is 0 Å². The number of anilines is 1. The molecule has 104 valence electrons. The number of nitrogens with zero attached hydrogens (tertiary/aromatic N) is 1. The molecule has 0 N–H and O–H groups in total. The van der Waals surface area contributed by atoms with Gasteiger partial charge in [0.25, 0.3) is 0 Å². The van der Waals surface area contributed by atoms with Crippen LogP contribution in [0.4, 0.5) is 5.69 Å². The van der Waals surface area contributed by atoms with Crippen molar-refractivity contribution in [3.63, 3.8) is 0 Å². The van der Waals surface area contributed by atoms with Crippen LogP contribution in [-0.2, 0) is 10.8 Å². The molecule has 1 aliphatic rings. The van der Waals surface area contributed by atoms with Crippen molar-refractivity contribution in [2.24, 2.45) is 0 Å². The predicted octanol–water partition coefficient (Wildman–Crippen LogP) is 3.76. The molecule has 2 nitrogen and oxygen atoms in total. The highest BCUT2D eigenvalue weighted by Crippen LogP contribution is 2.29. The minimum absolute atomic E-state index is 0.877. The molecule has 0 spiro atoms. The molecule has 20 heavy (non-hydrogen) atoms. The van der Waals surface area contributed by atoms with Crippen molar-refractivity contribution in [1.82, 2.24) is 0 Å². The Kier molecular flexibility index (Phi) is 3.88. The number of benzene rings is 2. The lowest BCUT2D eigenvalue weighted by Crippen LogP contribution is -2.19. The van der Waals surface area contributed by atoms with E-state index >= 15 is 0 Å². The van der Waals surface area contributed by atoms with E-state index < -0.39 is 10.8 Å². The molecular weight excluding hydrogens is 266 g/mol. The van der Waals surface area contributed by atoms with E-state index in [1.165, 1.54) is 18.4 Å². The Hall–Kier alpha value is -1.61. The van der Waals surface area contributed by atoms with Crippen LogP contribution in [0, 0.1) is 6.92 Å². The summed E-state index contributed by atoms with van der Waals surface area (Å²) in [4.78, 5) is 4.15. The number of para-hydroxylation sites is 1. The van der Waals surface area contributed by atoms with Crippen molar-refractivity contribution >= 4 is 16.5 Å². The Morgan fingerprint density at radius 1 is 0.950 bits per heavy atom. The fourth-order valence-electron chi connectivity index (χ4n) is 2.62. The van der Waals surface area contributed by atoms with Crippen molar-refractivity contribution in [3.8, 4) is 0 Å². The summed E-state index contributed by atoms with van der Waals surface area (Å²) in [5, 5.41) is 0. The highest BCUT2D eigenvalue weighted by Gasteiger charge is 2.19. The van der Waals surface area contributed by atoms with Gasteiger partial charge in [0.05, 0.1) is 21.4 Å².